The van der Waals surface area contributed by atoms with Gasteiger partial charge in [0.15, 0.2) is 12.0 Å². The van der Waals surface area contributed by atoms with Crippen molar-refractivity contribution in [2.24, 2.45) is 0 Å². The molecule has 3 aromatic rings. The fourth-order valence-corrected chi connectivity index (χ4v) is 2.93. The van der Waals surface area contributed by atoms with Crippen molar-refractivity contribution >= 4 is 0 Å². The Morgan fingerprint density at radius 2 is 2.09 bits per heavy atom. The first-order valence-electron chi connectivity index (χ1n) is 7.29. The predicted octanol–water partition coefficient (Wildman–Crippen LogP) is 2.65. The highest BCUT2D eigenvalue weighted by molar-refractivity contribution is 5.34. The van der Waals surface area contributed by atoms with Gasteiger partial charge >= 0.3 is 0 Å². The summed E-state index contributed by atoms with van der Waals surface area (Å²) in [6.07, 6.45) is 0.636. The van der Waals surface area contributed by atoms with E-state index in [4.69, 9.17) is 5.26 Å². The molecule has 3 heterocycles. The van der Waals surface area contributed by atoms with E-state index < -0.39 is 6.17 Å². The molecule has 0 radical (unpaired) electrons. The topological polar surface area (TPSA) is 72.3 Å². The van der Waals surface area contributed by atoms with E-state index in [1.807, 2.05) is 30.3 Å². The Balaban J connectivity index is 1.79. The maximum absolute atomic E-state index is 14.3. The zero-order valence-electron chi connectivity index (χ0n) is 12.4. The minimum Gasteiger partial charge on any atom is -0.239 e. The Hall–Kier alpha value is -3.01. The fraction of sp³-hybridized carbons (Fsp3) is 0.250. The summed E-state index contributed by atoms with van der Waals surface area (Å²) in [5, 5.41) is 17.6. The van der Waals surface area contributed by atoms with Crippen LogP contribution in [0.4, 0.5) is 4.39 Å². The van der Waals surface area contributed by atoms with Crippen molar-refractivity contribution < 1.29 is 4.39 Å². The molecule has 4 rings (SSSR count). The van der Waals surface area contributed by atoms with Crippen LogP contribution in [0.1, 0.15) is 41.3 Å². The van der Waals surface area contributed by atoms with Gasteiger partial charge in [0.25, 0.3) is 5.95 Å². The van der Waals surface area contributed by atoms with Crippen molar-refractivity contribution in [2.75, 3.05) is 0 Å². The van der Waals surface area contributed by atoms with Gasteiger partial charge in [0.05, 0.1) is 23.5 Å². The van der Waals surface area contributed by atoms with Gasteiger partial charge in [-0.1, -0.05) is 30.3 Å². The van der Waals surface area contributed by atoms with Crippen molar-refractivity contribution in [3.63, 3.8) is 0 Å². The molecule has 1 aromatic carbocycles. The molecule has 6 nitrogen and oxygen atoms in total. The van der Waals surface area contributed by atoms with Crippen LogP contribution < -0.4 is 0 Å². The van der Waals surface area contributed by atoms with Crippen LogP contribution in [0.5, 0.6) is 0 Å². The molecule has 0 saturated carbocycles. The number of nitriles is 1. The summed E-state index contributed by atoms with van der Waals surface area (Å²) in [4.78, 5) is 4.29. The number of halogens is 1. The van der Waals surface area contributed by atoms with Crippen LogP contribution in [0, 0.1) is 18.3 Å². The Kier molecular flexibility index (Phi) is 2.98. The number of hydrogen-bond donors (Lipinski definition) is 0. The smallest absolute Gasteiger partial charge is 0.239 e. The first-order valence-corrected chi connectivity index (χ1v) is 7.29. The molecule has 0 unspecified atom stereocenters. The third kappa shape index (κ3) is 2.03. The molecular weight excluding hydrogens is 295 g/mol. The van der Waals surface area contributed by atoms with Gasteiger partial charge in [-0.25, -0.2) is 13.8 Å². The summed E-state index contributed by atoms with van der Waals surface area (Å²) in [5.74, 6) is 0.601. The Morgan fingerprint density at radius 3 is 2.78 bits per heavy atom. The normalized spacial score (nSPS) is 19.5. The van der Waals surface area contributed by atoms with E-state index in [1.54, 1.807) is 11.6 Å². The van der Waals surface area contributed by atoms with E-state index in [-0.39, 0.29) is 6.04 Å². The molecule has 0 spiro atoms. The highest BCUT2D eigenvalue weighted by Crippen LogP contribution is 2.39. The summed E-state index contributed by atoms with van der Waals surface area (Å²) in [5.41, 5.74) is 2.10. The molecule has 0 saturated heterocycles. The minimum absolute atomic E-state index is 0.172. The lowest BCUT2D eigenvalue weighted by atomic mass is 10.0. The van der Waals surface area contributed by atoms with Gasteiger partial charge in [0, 0.05) is 6.42 Å². The molecular formula is C16H13FN6. The second-order valence-electron chi connectivity index (χ2n) is 5.51. The highest BCUT2D eigenvalue weighted by atomic mass is 19.1. The number of hydrogen-bond acceptors (Lipinski definition) is 4. The lowest BCUT2D eigenvalue weighted by molar-refractivity contribution is 0.328. The zero-order valence-corrected chi connectivity index (χ0v) is 12.4. The van der Waals surface area contributed by atoms with E-state index in [0.717, 1.165) is 5.56 Å². The summed E-state index contributed by atoms with van der Waals surface area (Å²) in [7, 11) is 0. The number of benzene rings is 1. The second kappa shape index (κ2) is 5.02. The summed E-state index contributed by atoms with van der Waals surface area (Å²) >= 11 is 0. The summed E-state index contributed by atoms with van der Waals surface area (Å²) in [6, 6.07) is 11.6. The predicted molar refractivity (Wildman–Crippen MR) is 79.6 cm³/mol. The highest BCUT2D eigenvalue weighted by Gasteiger charge is 2.35. The minimum atomic E-state index is -1.16. The first-order chi connectivity index (χ1) is 11.2. The number of rotatable bonds is 2. The summed E-state index contributed by atoms with van der Waals surface area (Å²) < 4.78 is 17.4. The standard InChI is InChI=1S/C16H13FN6/c1-10-12(8-18)9-19-22(10)16-20-15-13(17)7-14(23(15)21-16)11-5-3-2-4-6-11/h2-6,9,13-14H,7H2,1H3/t13-,14-/m0/s1. The van der Waals surface area contributed by atoms with Crippen LogP contribution in [0.3, 0.4) is 0 Å². The fourth-order valence-electron chi connectivity index (χ4n) is 2.93. The number of aromatic nitrogens is 5. The molecule has 1 aliphatic rings. The average molecular weight is 308 g/mol. The molecule has 1 aliphatic heterocycles. The van der Waals surface area contributed by atoms with Crippen molar-refractivity contribution in [2.45, 2.75) is 25.6 Å². The van der Waals surface area contributed by atoms with Crippen molar-refractivity contribution in [1.29, 1.82) is 5.26 Å². The molecule has 0 aliphatic carbocycles. The first kappa shape index (κ1) is 13.6. The quantitative estimate of drug-likeness (QED) is 0.729. The molecule has 0 fully saturated rings. The maximum Gasteiger partial charge on any atom is 0.270 e. The van der Waals surface area contributed by atoms with Gasteiger partial charge < -0.3 is 0 Å². The molecule has 23 heavy (non-hydrogen) atoms. The Morgan fingerprint density at radius 1 is 1.30 bits per heavy atom. The number of fused-ring (bicyclic) bond motifs is 1. The molecule has 0 bridgehead atoms. The molecule has 2 aromatic heterocycles. The molecule has 2 atom stereocenters. The summed E-state index contributed by atoms with van der Waals surface area (Å²) in [6.45, 7) is 1.76. The van der Waals surface area contributed by atoms with E-state index in [1.165, 1.54) is 10.9 Å². The van der Waals surface area contributed by atoms with Gasteiger partial charge in [0.2, 0.25) is 0 Å². The van der Waals surface area contributed by atoms with Gasteiger partial charge in [-0.15, -0.1) is 5.10 Å². The zero-order chi connectivity index (χ0) is 16.0. The van der Waals surface area contributed by atoms with Crippen LogP contribution in [-0.4, -0.2) is 24.5 Å². The molecule has 7 heteroatoms. The third-order valence-electron chi connectivity index (χ3n) is 4.16. The molecule has 0 N–H and O–H groups in total. The van der Waals surface area contributed by atoms with Crippen LogP contribution in [-0.2, 0) is 0 Å². The van der Waals surface area contributed by atoms with E-state index in [2.05, 4.69) is 21.3 Å². The number of alkyl halides is 1. The Bertz CT molecular complexity index is 905. The maximum atomic E-state index is 14.3. The monoisotopic (exact) mass is 308 g/mol. The van der Waals surface area contributed by atoms with E-state index in [9.17, 15) is 4.39 Å². The molecule has 0 amide bonds. The second-order valence-corrected chi connectivity index (χ2v) is 5.51. The third-order valence-corrected chi connectivity index (χ3v) is 4.16. The van der Waals surface area contributed by atoms with Crippen molar-refractivity contribution in [3.05, 3.63) is 59.2 Å². The lowest BCUT2D eigenvalue weighted by Gasteiger charge is -2.11. The van der Waals surface area contributed by atoms with Gasteiger partial charge in [0.1, 0.15) is 6.07 Å². The van der Waals surface area contributed by atoms with Gasteiger partial charge in [-0.2, -0.15) is 15.3 Å². The molecule has 114 valence electrons. The number of nitrogens with zero attached hydrogens (tertiary/aromatic N) is 6. The van der Waals surface area contributed by atoms with Crippen molar-refractivity contribution in [3.8, 4) is 12.0 Å². The van der Waals surface area contributed by atoms with Crippen LogP contribution in [0.2, 0.25) is 0 Å². The van der Waals surface area contributed by atoms with Crippen LogP contribution in [0.15, 0.2) is 36.5 Å². The SMILES string of the molecule is Cc1c(C#N)cnn1-c1nc2n(n1)[C@H](c1ccccc1)C[C@@H]2F. The van der Waals surface area contributed by atoms with Crippen LogP contribution >= 0.6 is 0 Å². The van der Waals surface area contributed by atoms with Crippen LogP contribution in [0.25, 0.3) is 5.95 Å². The van der Waals surface area contributed by atoms with E-state index >= 15 is 0 Å². The Labute approximate surface area is 131 Å². The van der Waals surface area contributed by atoms with Gasteiger partial charge in [-0.3, -0.25) is 0 Å². The lowest BCUT2D eigenvalue weighted by Crippen LogP contribution is -2.09. The largest absolute Gasteiger partial charge is 0.270 e. The van der Waals surface area contributed by atoms with Gasteiger partial charge in [-0.05, 0) is 12.5 Å². The average Bonchev–Trinajstić information content (AvgIpc) is 3.23. The van der Waals surface area contributed by atoms with Crippen molar-refractivity contribution in [1.82, 2.24) is 24.5 Å². The van der Waals surface area contributed by atoms with E-state index in [0.29, 0.717) is 29.5 Å².